The van der Waals surface area contributed by atoms with Gasteiger partial charge in [0.25, 0.3) is 0 Å². The average molecular weight is 226 g/mol. The molecular formula is C13H26N2O. The van der Waals surface area contributed by atoms with E-state index in [4.69, 9.17) is 0 Å². The Morgan fingerprint density at radius 2 is 2.25 bits per heavy atom. The first-order valence-corrected chi connectivity index (χ1v) is 6.60. The van der Waals surface area contributed by atoms with Crippen LogP contribution >= 0.6 is 0 Å². The Bertz CT molecular complexity index is 220. The average Bonchev–Trinajstić information content (AvgIpc) is 2.73. The molecule has 0 saturated carbocycles. The van der Waals surface area contributed by atoms with Crippen LogP contribution in [-0.4, -0.2) is 25.5 Å². The van der Waals surface area contributed by atoms with Gasteiger partial charge in [0.15, 0.2) is 0 Å². The second-order valence-corrected chi connectivity index (χ2v) is 5.35. The summed E-state index contributed by atoms with van der Waals surface area (Å²) in [6, 6.07) is 0. The molecule has 0 aromatic rings. The Balaban J connectivity index is 2.28. The van der Waals surface area contributed by atoms with Crippen molar-refractivity contribution in [3.63, 3.8) is 0 Å². The van der Waals surface area contributed by atoms with Crippen molar-refractivity contribution >= 4 is 5.91 Å². The predicted molar refractivity (Wildman–Crippen MR) is 67.3 cm³/mol. The van der Waals surface area contributed by atoms with Crippen LogP contribution in [0, 0.1) is 11.3 Å². The van der Waals surface area contributed by atoms with Crippen LogP contribution in [0.2, 0.25) is 0 Å². The Hall–Kier alpha value is -0.570. The van der Waals surface area contributed by atoms with Gasteiger partial charge in [-0.2, -0.15) is 0 Å². The Labute approximate surface area is 99.4 Å². The number of carbonyl (C=O) groups is 1. The van der Waals surface area contributed by atoms with E-state index < -0.39 is 0 Å². The van der Waals surface area contributed by atoms with Gasteiger partial charge in [0, 0.05) is 13.1 Å². The molecule has 1 unspecified atom stereocenters. The first kappa shape index (κ1) is 13.5. The summed E-state index contributed by atoms with van der Waals surface area (Å²) in [4.78, 5) is 12.1. The highest BCUT2D eigenvalue weighted by Gasteiger charge is 2.38. The zero-order valence-corrected chi connectivity index (χ0v) is 10.9. The van der Waals surface area contributed by atoms with E-state index in [1.807, 2.05) is 0 Å². The third-order valence-electron chi connectivity index (χ3n) is 3.65. The van der Waals surface area contributed by atoms with Crippen molar-refractivity contribution in [3.8, 4) is 0 Å². The normalized spacial score (nSPS) is 25.0. The smallest absolute Gasteiger partial charge is 0.227 e. The fourth-order valence-corrected chi connectivity index (χ4v) is 2.30. The number of nitrogens with one attached hydrogen (secondary N) is 2. The molecule has 1 rings (SSSR count). The van der Waals surface area contributed by atoms with Crippen molar-refractivity contribution in [1.82, 2.24) is 10.6 Å². The Morgan fingerprint density at radius 1 is 1.50 bits per heavy atom. The highest BCUT2D eigenvalue weighted by Crippen LogP contribution is 2.29. The molecule has 3 nitrogen and oxygen atoms in total. The molecule has 1 heterocycles. The molecule has 3 heteroatoms. The summed E-state index contributed by atoms with van der Waals surface area (Å²) in [7, 11) is 0. The molecule has 0 aromatic carbocycles. The molecule has 1 aliphatic rings. The lowest BCUT2D eigenvalue weighted by Crippen LogP contribution is -2.42. The summed E-state index contributed by atoms with van der Waals surface area (Å²) < 4.78 is 0. The van der Waals surface area contributed by atoms with E-state index in [9.17, 15) is 4.79 Å². The molecule has 0 spiro atoms. The van der Waals surface area contributed by atoms with Crippen LogP contribution in [0.4, 0.5) is 0 Å². The van der Waals surface area contributed by atoms with Crippen LogP contribution in [0.25, 0.3) is 0 Å². The summed E-state index contributed by atoms with van der Waals surface area (Å²) in [5, 5.41) is 6.39. The van der Waals surface area contributed by atoms with E-state index in [-0.39, 0.29) is 11.3 Å². The van der Waals surface area contributed by atoms with Crippen LogP contribution in [0.1, 0.15) is 46.5 Å². The van der Waals surface area contributed by atoms with Crippen molar-refractivity contribution in [2.75, 3.05) is 19.6 Å². The molecule has 16 heavy (non-hydrogen) atoms. The van der Waals surface area contributed by atoms with Gasteiger partial charge in [-0.15, -0.1) is 0 Å². The summed E-state index contributed by atoms with van der Waals surface area (Å²) in [6.07, 6.45) is 4.21. The molecule has 0 bridgehead atoms. The third kappa shape index (κ3) is 3.48. The van der Waals surface area contributed by atoms with Gasteiger partial charge < -0.3 is 10.6 Å². The Kier molecular flexibility index (Phi) is 5.26. The Morgan fingerprint density at radius 3 is 2.75 bits per heavy atom. The molecule has 0 radical (unpaired) electrons. The van der Waals surface area contributed by atoms with Crippen molar-refractivity contribution in [2.45, 2.75) is 46.5 Å². The molecule has 1 saturated heterocycles. The van der Waals surface area contributed by atoms with E-state index in [0.29, 0.717) is 0 Å². The lowest BCUT2D eigenvalue weighted by atomic mass is 9.83. The summed E-state index contributed by atoms with van der Waals surface area (Å²) in [6.45, 7) is 9.21. The van der Waals surface area contributed by atoms with E-state index in [1.165, 1.54) is 6.42 Å². The number of amides is 1. The van der Waals surface area contributed by atoms with Crippen molar-refractivity contribution in [3.05, 3.63) is 0 Å². The van der Waals surface area contributed by atoms with Crippen LogP contribution in [-0.2, 0) is 4.79 Å². The lowest BCUT2D eigenvalue weighted by molar-refractivity contribution is -0.130. The van der Waals surface area contributed by atoms with Gasteiger partial charge in [0.1, 0.15) is 0 Å². The summed E-state index contributed by atoms with van der Waals surface area (Å²) in [5.41, 5.74) is -0.127. The largest absolute Gasteiger partial charge is 0.356 e. The van der Waals surface area contributed by atoms with E-state index in [0.717, 1.165) is 44.8 Å². The molecule has 1 fully saturated rings. The minimum Gasteiger partial charge on any atom is -0.356 e. The maximum Gasteiger partial charge on any atom is 0.227 e. The molecular weight excluding hydrogens is 200 g/mol. The quantitative estimate of drug-likeness (QED) is 0.679. The minimum absolute atomic E-state index is 0.127. The third-order valence-corrected chi connectivity index (χ3v) is 3.65. The number of carbonyl (C=O) groups excluding carboxylic acids is 1. The summed E-state index contributed by atoms with van der Waals surface area (Å²) >= 11 is 0. The molecule has 1 atom stereocenters. The summed E-state index contributed by atoms with van der Waals surface area (Å²) in [5.74, 6) is 0.981. The van der Waals surface area contributed by atoms with Gasteiger partial charge in [0.05, 0.1) is 5.41 Å². The minimum atomic E-state index is -0.127. The molecule has 0 aliphatic carbocycles. The fraction of sp³-hybridized carbons (Fsp3) is 0.923. The zero-order valence-electron chi connectivity index (χ0n) is 10.9. The molecule has 0 aromatic heterocycles. The topological polar surface area (TPSA) is 41.1 Å². The first-order chi connectivity index (χ1) is 7.60. The van der Waals surface area contributed by atoms with Crippen LogP contribution in [0.5, 0.6) is 0 Å². The molecule has 94 valence electrons. The number of hydrogen-bond donors (Lipinski definition) is 2. The van der Waals surface area contributed by atoms with Gasteiger partial charge in [-0.3, -0.25) is 4.79 Å². The van der Waals surface area contributed by atoms with Gasteiger partial charge in [-0.25, -0.2) is 0 Å². The van der Waals surface area contributed by atoms with Crippen LogP contribution in [0.3, 0.4) is 0 Å². The molecule has 1 amide bonds. The number of rotatable bonds is 6. The van der Waals surface area contributed by atoms with Gasteiger partial charge in [-0.1, -0.05) is 20.8 Å². The van der Waals surface area contributed by atoms with Gasteiger partial charge in [-0.05, 0) is 38.1 Å². The predicted octanol–water partition coefficient (Wildman–Crippen LogP) is 1.93. The number of hydrogen-bond acceptors (Lipinski definition) is 2. The van der Waals surface area contributed by atoms with E-state index in [1.54, 1.807) is 0 Å². The second kappa shape index (κ2) is 6.24. The zero-order chi connectivity index (χ0) is 12.0. The molecule has 2 N–H and O–H groups in total. The SMILES string of the molecule is CCC1(C(=O)NCCCC(C)C)CCNC1. The maximum atomic E-state index is 12.1. The lowest BCUT2D eigenvalue weighted by Gasteiger charge is -2.25. The molecule has 1 aliphatic heterocycles. The maximum absolute atomic E-state index is 12.1. The standard InChI is InChI=1S/C13H26N2O/c1-4-13(7-9-14-10-13)12(16)15-8-5-6-11(2)3/h11,14H,4-10H2,1-3H3,(H,15,16). The van der Waals surface area contributed by atoms with Crippen molar-refractivity contribution in [1.29, 1.82) is 0 Å². The first-order valence-electron chi connectivity index (χ1n) is 6.60. The highest BCUT2D eigenvalue weighted by atomic mass is 16.2. The van der Waals surface area contributed by atoms with Crippen molar-refractivity contribution in [2.24, 2.45) is 11.3 Å². The van der Waals surface area contributed by atoms with Crippen LogP contribution < -0.4 is 10.6 Å². The van der Waals surface area contributed by atoms with Crippen molar-refractivity contribution < 1.29 is 4.79 Å². The fourth-order valence-electron chi connectivity index (χ4n) is 2.30. The van der Waals surface area contributed by atoms with E-state index in [2.05, 4.69) is 31.4 Å². The second-order valence-electron chi connectivity index (χ2n) is 5.35. The highest BCUT2D eigenvalue weighted by molar-refractivity contribution is 5.83. The monoisotopic (exact) mass is 226 g/mol. The van der Waals surface area contributed by atoms with Gasteiger partial charge >= 0.3 is 0 Å². The van der Waals surface area contributed by atoms with E-state index >= 15 is 0 Å². The van der Waals surface area contributed by atoms with Gasteiger partial charge in [0.2, 0.25) is 5.91 Å². The van der Waals surface area contributed by atoms with Crippen LogP contribution in [0.15, 0.2) is 0 Å².